The minimum Gasteiger partial charge on any atom is -0.327 e. The van der Waals surface area contributed by atoms with Crippen LogP contribution in [0.4, 0.5) is 0 Å². The van der Waals surface area contributed by atoms with Gasteiger partial charge in [-0.15, -0.1) is 0 Å². The highest BCUT2D eigenvalue weighted by atomic mass is 14.8. The Morgan fingerprint density at radius 2 is 1.41 bits per heavy atom. The molecule has 0 saturated heterocycles. The van der Waals surface area contributed by atoms with Gasteiger partial charge in [-0.2, -0.15) is 0 Å². The van der Waals surface area contributed by atoms with Crippen LogP contribution < -0.4 is 5.73 Å². The summed E-state index contributed by atoms with van der Waals surface area (Å²) in [7, 11) is 0. The standard InChI is InChI=1S/C16H31N/c1-15(2)8-6-4-5-7-9-16(3,11-10-15)13-12-14(13)17/h13-14H,4-12,17H2,1-3H3. The van der Waals surface area contributed by atoms with Crippen LogP contribution in [0.5, 0.6) is 0 Å². The van der Waals surface area contributed by atoms with Crippen molar-refractivity contribution in [3.05, 3.63) is 0 Å². The number of nitrogens with two attached hydrogens (primary N) is 1. The van der Waals surface area contributed by atoms with Crippen molar-refractivity contribution in [2.24, 2.45) is 22.5 Å². The van der Waals surface area contributed by atoms with Crippen molar-refractivity contribution < 1.29 is 0 Å². The van der Waals surface area contributed by atoms with Crippen LogP contribution in [-0.4, -0.2) is 6.04 Å². The summed E-state index contributed by atoms with van der Waals surface area (Å²) in [4.78, 5) is 0. The summed E-state index contributed by atoms with van der Waals surface area (Å²) in [6, 6.07) is 0.519. The van der Waals surface area contributed by atoms with Gasteiger partial charge in [0.1, 0.15) is 0 Å². The lowest BCUT2D eigenvalue weighted by Gasteiger charge is -2.36. The van der Waals surface area contributed by atoms with E-state index in [9.17, 15) is 0 Å². The lowest BCUT2D eigenvalue weighted by molar-refractivity contribution is 0.156. The van der Waals surface area contributed by atoms with E-state index in [4.69, 9.17) is 5.73 Å². The van der Waals surface area contributed by atoms with Gasteiger partial charge in [-0.1, -0.05) is 46.5 Å². The normalized spacial score (nSPS) is 43.1. The van der Waals surface area contributed by atoms with Gasteiger partial charge in [-0.05, 0) is 48.9 Å². The van der Waals surface area contributed by atoms with Gasteiger partial charge in [-0.3, -0.25) is 0 Å². The zero-order valence-electron chi connectivity index (χ0n) is 12.1. The largest absolute Gasteiger partial charge is 0.327 e. The molecule has 1 heteroatoms. The maximum absolute atomic E-state index is 6.11. The van der Waals surface area contributed by atoms with Gasteiger partial charge < -0.3 is 5.73 Å². The number of hydrogen-bond donors (Lipinski definition) is 1. The number of hydrogen-bond acceptors (Lipinski definition) is 1. The van der Waals surface area contributed by atoms with Crippen molar-refractivity contribution in [1.29, 1.82) is 0 Å². The molecule has 2 rings (SSSR count). The van der Waals surface area contributed by atoms with Crippen LogP contribution in [0, 0.1) is 16.7 Å². The van der Waals surface area contributed by atoms with E-state index in [2.05, 4.69) is 20.8 Å². The summed E-state index contributed by atoms with van der Waals surface area (Å²) < 4.78 is 0. The van der Waals surface area contributed by atoms with Crippen LogP contribution in [0.1, 0.15) is 78.6 Å². The Labute approximate surface area is 108 Å². The van der Waals surface area contributed by atoms with Crippen molar-refractivity contribution >= 4 is 0 Å². The molecule has 0 aromatic carbocycles. The summed E-state index contributed by atoms with van der Waals surface area (Å²) in [5, 5.41) is 0. The minimum absolute atomic E-state index is 0.519. The molecule has 0 radical (unpaired) electrons. The van der Waals surface area contributed by atoms with Gasteiger partial charge in [-0.25, -0.2) is 0 Å². The summed E-state index contributed by atoms with van der Waals surface area (Å²) in [5.41, 5.74) is 7.21. The Morgan fingerprint density at radius 1 is 0.824 bits per heavy atom. The molecule has 1 nitrogen and oxygen atoms in total. The first kappa shape index (κ1) is 13.4. The van der Waals surface area contributed by atoms with Crippen LogP contribution in [0.25, 0.3) is 0 Å². The molecular weight excluding hydrogens is 206 g/mol. The molecule has 2 aliphatic rings. The Morgan fingerprint density at radius 3 is 2.00 bits per heavy atom. The van der Waals surface area contributed by atoms with Crippen molar-refractivity contribution in [3.8, 4) is 0 Å². The molecule has 2 aliphatic carbocycles. The highest BCUT2D eigenvalue weighted by molar-refractivity contribution is 5.01. The first-order valence-electron chi connectivity index (χ1n) is 7.69. The van der Waals surface area contributed by atoms with Crippen molar-refractivity contribution in [1.82, 2.24) is 0 Å². The average molecular weight is 237 g/mol. The smallest absolute Gasteiger partial charge is 0.00763 e. The zero-order valence-corrected chi connectivity index (χ0v) is 12.1. The first-order chi connectivity index (χ1) is 7.93. The highest BCUT2D eigenvalue weighted by Crippen LogP contribution is 2.52. The van der Waals surface area contributed by atoms with Crippen LogP contribution in [0.2, 0.25) is 0 Å². The topological polar surface area (TPSA) is 26.0 Å². The maximum atomic E-state index is 6.11. The van der Waals surface area contributed by atoms with Crippen LogP contribution in [0.15, 0.2) is 0 Å². The SMILES string of the molecule is CC1(C)CCCCCCC(C)(C2CC2N)CC1. The Kier molecular flexibility index (Phi) is 3.87. The molecule has 0 bridgehead atoms. The monoisotopic (exact) mass is 237 g/mol. The highest BCUT2D eigenvalue weighted by Gasteiger charge is 2.47. The van der Waals surface area contributed by atoms with E-state index < -0.39 is 0 Å². The van der Waals surface area contributed by atoms with Gasteiger partial charge in [0.2, 0.25) is 0 Å². The molecule has 2 saturated carbocycles. The molecule has 0 aromatic heterocycles. The van der Waals surface area contributed by atoms with Crippen molar-refractivity contribution in [2.75, 3.05) is 0 Å². The predicted molar refractivity (Wildman–Crippen MR) is 74.9 cm³/mol. The molecule has 3 atom stereocenters. The Bertz CT molecular complexity index is 258. The molecule has 2 fully saturated rings. The van der Waals surface area contributed by atoms with Gasteiger partial charge in [0.15, 0.2) is 0 Å². The molecule has 0 heterocycles. The molecule has 0 amide bonds. The van der Waals surface area contributed by atoms with Gasteiger partial charge >= 0.3 is 0 Å². The molecule has 17 heavy (non-hydrogen) atoms. The summed E-state index contributed by atoms with van der Waals surface area (Å²) >= 11 is 0. The fraction of sp³-hybridized carbons (Fsp3) is 1.00. The van der Waals surface area contributed by atoms with E-state index in [1.807, 2.05) is 0 Å². The second-order valence-electron chi connectivity index (χ2n) is 7.74. The molecule has 0 aliphatic heterocycles. The molecule has 3 unspecified atom stereocenters. The molecule has 100 valence electrons. The Balaban J connectivity index is 1.99. The van der Waals surface area contributed by atoms with Crippen LogP contribution in [0.3, 0.4) is 0 Å². The van der Waals surface area contributed by atoms with E-state index in [1.54, 1.807) is 0 Å². The van der Waals surface area contributed by atoms with Gasteiger partial charge in [0, 0.05) is 6.04 Å². The van der Waals surface area contributed by atoms with E-state index >= 15 is 0 Å². The van der Waals surface area contributed by atoms with E-state index in [0.717, 1.165) is 5.92 Å². The molecule has 2 N–H and O–H groups in total. The van der Waals surface area contributed by atoms with E-state index in [-0.39, 0.29) is 0 Å². The zero-order chi connectivity index (χ0) is 12.5. The molecular formula is C16H31N. The van der Waals surface area contributed by atoms with Crippen LogP contribution in [-0.2, 0) is 0 Å². The van der Waals surface area contributed by atoms with Crippen molar-refractivity contribution in [2.45, 2.75) is 84.6 Å². The van der Waals surface area contributed by atoms with Crippen molar-refractivity contribution in [3.63, 3.8) is 0 Å². The third kappa shape index (κ3) is 3.47. The quantitative estimate of drug-likeness (QED) is 0.714. The number of rotatable bonds is 1. The summed E-state index contributed by atoms with van der Waals surface area (Å²) in [5.74, 6) is 0.831. The Hall–Kier alpha value is -0.0400. The van der Waals surface area contributed by atoms with Crippen LogP contribution >= 0.6 is 0 Å². The van der Waals surface area contributed by atoms with E-state index in [0.29, 0.717) is 16.9 Å². The second kappa shape index (κ2) is 4.91. The molecule has 0 spiro atoms. The lowest BCUT2D eigenvalue weighted by Crippen LogP contribution is -2.26. The van der Waals surface area contributed by atoms with Gasteiger partial charge in [0.25, 0.3) is 0 Å². The minimum atomic E-state index is 0.519. The summed E-state index contributed by atoms with van der Waals surface area (Å²) in [6.07, 6.45) is 12.7. The van der Waals surface area contributed by atoms with Gasteiger partial charge in [0.05, 0.1) is 0 Å². The molecule has 0 aromatic rings. The maximum Gasteiger partial charge on any atom is 0.00763 e. The fourth-order valence-corrected chi connectivity index (χ4v) is 3.75. The third-order valence-electron chi connectivity index (χ3n) is 5.46. The average Bonchev–Trinajstić information content (AvgIpc) is 2.98. The fourth-order valence-electron chi connectivity index (χ4n) is 3.75. The summed E-state index contributed by atoms with van der Waals surface area (Å²) in [6.45, 7) is 7.44. The van der Waals surface area contributed by atoms with E-state index in [1.165, 1.54) is 57.8 Å². The predicted octanol–water partition coefficient (Wildman–Crippen LogP) is 4.50. The first-order valence-corrected chi connectivity index (χ1v) is 7.69. The lowest BCUT2D eigenvalue weighted by atomic mass is 9.70. The third-order valence-corrected chi connectivity index (χ3v) is 5.46. The second-order valence-corrected chi connectivity index (χ2v) is 7.74.